The zero-order valence-corrected chi connectivity index (χ0v) is 15.6. The fourth-order valence-corrected chi connectivity index (χ4v) is 4.71. The smallest absolute Gasteiger partial charge is 0.170 e. The Balaban J connectivity index is 1.74. The summed E-state index contributed by atoms with van der Waals surface area (Å²) >= 11 is 5.69. The van der Waals surface area contributed by atoms with Crippen molar-refractivity contribution < 1.29 is 0 Å². The van der Waals surface area contributed by atoms with Crippen LogP contribution in [0.3, 0.4) is 0 Å². The summed E-state index contributed by atoms with van der Waals surface area (Å²) in [5.74, 6) is 0. The van der Waals surface area contributed by atoms with Crippen molar-refractivity contribution >= 4 is 17.3 Å². The Morgan fingerprint density at radius 2 is 2.04 bits per heavy atom. The van der Waals surface area contributed by atoms with Crippen molar-refractivity contribution in [3.63, 3.8) is 0 Å². The highest BCUT2D eigenvalue weighted by atomic mass is 32.1. The van der Waals surface area contributed by atoms with Gasteiger partial charge in [-0.3, -0.25) is 4.98 Å². The zero-order valence-electron chi connectivity index (χ0n) is 14.8. The fourth-order valence-electron chi connectivity index (χ4n) is 4.38. The topological polar surface area (TPSA) is 33.1 Å². The van der Waals surface area contributed by atoms with Crippen molar-refractivity contribution in [2.24, 2.45) is 0 Å². The van der Waals surface area contributed by atoms with Crippen LogP contribution in [0.4, 0.5) is 0 Å². The van der Waals surface area contributed by atoms with Crippen LogP contribution in [-0.4, -0.2) is 26.1 Å². The van der Waals surface area contributed by atoms with Gasteiger partial charge < -0.3 is 14.8 Å². The summed E-state index contributed by atoms with van der Waals surface area (Å²) in [6.45, 7) is 3.18. The van der Waals surface area contributed by atoms with E-state index in [-0.39, 0.29) is 12.1 Å². The molecular weight excluding hydrogens is 328 g/mol. The molecule has 0 aromatic carbocycles. The van der Waals surface area contributed by atoms with E-state index < -0.39 is 0 Å². The molecule has 132 valence electrons. The van der Waals surface area contributed by atoms with Gasteiger partial charge in [0, 0.05) is 30.7 Å². The Bertz CT molecular complexity index is 720. The maximum Gasteiger partial charge on any atom is 0.170 e. The van der Waals surface area contributed by atoms with Gasteiger partial charge in [-0.1, -0.05) is 25.8 Å². The monoisotopic (exact) mass is 354 g/mol. The van der Waals surface area contributed by atoms with Gasteiger partial charge >= 0.3 is 0 Å². The Morgan fingerprint density at radius 1 is 1.20 bits per heavy atom. The first-order valence-corrected chi connectivity index (χ1v) is 9.85. The average Bonchev–Trinajstić information content (AvgIpc) is 3.36. The number of nitrogens with zero attached hydrogens (tertiary/aromatic N) is 3. The van der Waals surface area contributed by atoms with Gasteiger partial charge in [-0.05, 0) is 55.7 Å². The standard InChI is InChI=1S/C20H26N4S/c1-2-13-24-19(17-11-7-14-23(17)15-8-3-4-9-15)18(22-20(24)25)16-10-5-6-12-21-16/h5-7,10-12,14-15,18-19H,2-4,8-9,13H2,1H3,(H,22,25)/t18-,19-/m1/s1. The second kappa shape index (κ2) is 7.16. The Hall–Kier alpha value is -1.88. The molecule has 2 aromatic heterocycles. The van der Waals surface area contributed by atoms with Gasteiger partial charge in [0.25, 0.3) is 0 Å². The lowest BCUT2D eigenvalue weighted by atomic mass is 10.0. The second-order valence-electron chi connectivity index (χ2n) is 7.10. The number of hydrogen-bond donors (Lipinski definition) is 1. The summed E-state index contributed by atoms with van der Waals surface area (Å²) in [5, 5.41) is 4.39. The summed E-state index contributed by atoms with van der Waals surface area (Å²) in [7, 11) is 0. The van der Waals surface area contributed by atoms with Crippen LogP contribution in [0.5, 0.6) is 0 Å². The van der Waals surface area contributed by atoms with Crippen LogP contribution in [0.1, 0.15) is 68.5 Å². The van der Waals surface area contributed by atoms with Crippen LogP contribution in [0.25, 0.3) is 0 Å². The molecule has 4 rings (SSSR count). The van der Waals surface area contributed by atoms with Crippen molar-refractivity contribution in [1.29, 1.82) is 0 Å². The molecule has 25 heavy (non-hydrogen) atoms. The molecule has 2 aromatic rings. The van der Waals surface area contributed by atoms with Crippen molar-refractivity contribution in [2.45, 2.75) is 57.2 Å². The maximum absolute atomic E-state index is 5.69. The molecule has 5 heteroatoms. The van der Waals surface area contributed by atoms with Crippen molar-refractivity contribution in [2.75, 3.05) is 6.54 Å². The van der Waals surface area contributed by atoms with Gasteiger partial charge in [0.05, 0.1) is 17.8 Å². The van der Waals surface area contributed by atoms with Crippen LogP contribution in [0.2, 0.25) is 0 Å². The number of rotatable bonds is 5. The molecule has 1 aliphatic heterocycles. The number of nitrogens with one attached hydrogen (secondary N) is 1. The van der Waals surface area contributed by atoms with Crippen molar-refractivity contribution in [3.8, 4) is 0 Å². The van der Waals surface area contributed by atoms with E-state index in [4.69, 9.17) is 12.2 Å². The SMILES string of the molecule is CCCN1C(=S)N[C@H](c2ccccn2)[C@H]1c1cccn1C1CCCC1. The van der Waals surface area contributed by atoms with Gasteiger partial charge in [-0.15, -0.1) is 0 Å². The summed E-state index contributed by atoms with van der Waals surface area (Å²) in [4.78, 5) is 6.98. The van der Waals surface area contributed by atoms with Crippen LogP contribution < -0.4 is 5.32 Å². The lowest BCUT2D eigenvalue weighted by Crippen LogP contribution is -2.31. The Kier molecular flexibility index (Phi) is 4.75. The van der Waals surface area contributed by atoms with Crippen molar-refractivity contribution in [3.05, 3.63) is 54.1 Å². The minimum Gasteiger partial charge on any atom is -0.352 e. The van der Waals surface area contributed by atoms with E-state index >= 15 is 0 Å². The Labute approximate surface area is 155 Å². The van der Waals surface area contributed by atoms with Gasteiger partial charge in [-0.2, -0.15) is 0 Å². The van der Waals surface area contributed by atoms with Crippen LogP contribution in [-0.2, 0) is 0 Å². The Morgan fingerprint density at radius 3 is 2.76 bits per heavy atom. The van der Waals surface area contributed by atoms with Crippen molar-refractivity contribution in [1.82, 2.24) is 19.8 Å². The van der Waals surface area contributed by atoms with Crippen LogP contribution in [0, 0.1) is 0 Å². The predicted molar refractivity (Wildman–Crippen MR) is 104 cm³/mol. The van der Waals surface area contributed by atoms with Gasteiger partial charge in [0.15, 0.2) is 5.11 Å². The minimum absolute atomic E-state index is 0.107. The maximum atomic E-state index is 5.69. The molecule has 1 saturated heterocycles. The van der Waals surface area contributed by atoms with E-state index in [1.165, 1.54) is 31.4 Å². The summed E-state index contributed by atoms with van der Waals surface area (Å²) in [6, 6.07) is 11.5. The molecule has 0 spiro atoms. The third-order valence-electron chi connectivity index (χ3n) is 5.50. The summed E-state index contributed by atoms with van der Waals surface area (Å²) < 4.78 is 2.51. The van der Waals surface area contributed by atoms with E-state index in [1.54, 1.807) is 0 Å². The molecule has 0 radical (unpaired) electrons. The predicted octanol–water partition coefficient (Wildman–Crippen LogP) is 4.38. The average molecular weight is 355 g/mol. The fraction of sp³-hybridized carbons (Fsp3) is 0.500. The normalized spacial score (nSPS) is 24.0. The first-order chi connectivity index (χ1) is 12.3. The van der Waals surface area contributed by atoms with Gasteiger partial charge in [0.1, 0.15) is 0 Å². The molecule has 2 aliphatic rings. The number of hydrogen-bond acceptors (Lipinski definition) is 2. The van der Waals surface area contributed by atoms with E-state index in [2.05, 4.69) is 57.2 Å². The molecule has 1 saturated carbocycles. The first-order valence-electron chi connectivity index (χ1n) is 9.44. The second-order valence-corrected chi connectivity index (χ2v) is 7.49. The van der Waals surface area contributed by atoms with Gasteiger partial charge in [0.2, 0.25) is 0 Å². The molecule has 2 fully saturated rings. The first kappa shape index (κ1) is 16.6. The van der Waals surface area contributed by atoms with E-state index in [0.29, 0.717) is 6.04 Å². The molecule has 0 amide bonds. The molecule has 3 heterocycles. The van der Waals surface area contributed by atoms with E-state index in [1.807, 2.05) is 12.3 Å². The minimum atomic E-state index is 0.107. The largest absolute Gasteiger partial charge is 0.352 e. The van der Waals surface area contributed by atoms with E-state index in [9.17, 15) is 0 Å². The third kappa shape index (κ3) is 3.06. The molecule has 0 unspecified atom stereocenters. The molecule has 4 nitrogen and oxygen atoms in total. The van der Waals surface area contributed by atoms with Crippen LogP contribution in [0.15, 0.2) is 42.7 Å². The summed E-state index contributed by atoms with van der Waals surface area (Å²) in [5.41, 5.74) is 2.43. The molecule has 0 bridgehead atoms. The van der Waals surface area contributed by atoms with Gasteiger partial charge in [-0.25, -0.2) is 0 Å². The zero-order chi connectivity index (χ0) is 17.2. The number of aromatic nitrogens is 2. The highest BCUT2D eigenvalue weighted by Gasteiger charge is 2.41. The highest BCUT2D eigenvalue weighted by molar-refractivity contribution is 7.80. The van der Waals surface area contributed by atoms with Crippen LogP contribution >= 0.6 is 12.2 Å². The lowest BCUT2D eigenvalue weighted by molar-refractivity contribution is 0.296. The number of thiocarbonyl (C=S) groups is 1. The number of pyridine rings is 1. The highest BCUT2D eigenvalue weighted by Crippen LogP contribution is 2.41. The lowest BCUT2D eigenvalue weighted by Gasteiger charge is -2.30. The molecule has 2 atom stereocenters. The molecule has 1 aliphatic carbocycles. The third-order valence-corrected chi connectivity index (χ3v) is 5.85. The quantitative estimate of drug-likeness (QED) is 0.808. The summed E-state index contributed by atoms with van der Waals surface area (Å²) in [6.07, 6.45) is 10.5. The molecule has 1 N–H and O–H groups in total. The molecular formula is C20H26N4S. The van der Waals surface area contributed by atoms with E-state index in [0.717, 1.165) is 23.8 Å².